The lowest BCUT2D eigenvalue weighted by Crippen LogP contribution is -2.36. The van der Waals surface area contributed by atoms with Crippen molar-refractivity contribution in [2.45, 2.75) is 32.6 Å². The zero-order valence-corrected chi connectivity index (χ0v) is 13.1. The molecule has 0 spiro atoms. The summed E-state index contributed by atoms with van der Waals surface area (Å²) < 4.78 is 32.1. The Bertz CT molecular complexity index is 661. The summed E-state index contributed by atoms with van der Waals surface area (Å²) in [5, 5.41) is 2.67. The Labute approximate surface area is 134 Å². The lowest BCUT2D eigenvalue weighted by molar-refractivity contribution is -0.133. The number of ether oxygens (including phenoxy) is 1. The fourth-order valence-corrected chi connectivity index (χ4v) is 2.13. The van der Waals surface area contributed by atoms with E-state index in [1.165, 1.54) is 6.07 Å². The molecule has 0 fully saturated rings. The standard InChI is InChI=1S/C18H19F2NO2/c1-12(16-9-8-15(19)10-17(16)20)21-18(22)13(2)23-11-14-6-4-3-5-7-14/h3-10,12-13H,11H2,1-2H3,(H,21,22)/t12-,13+/m0/s1. The maximum absolute atomic E-state index is 13.7. The smallest absolute Gasteiger partial charge is 0.249 e. The lowest BCUT2D eigenvalue weighted by Gasteiger charge is -2.19. The summed E-state index contributed by atoms with van der Waals surface area (Å²) in [5.74, 6) is -1.68. The van der Waals surface area contributed by atoms with Gasteiger partial charge in [-0.2, -0.15) is 0 Å². The number of benzene rings is 2. The monoisotopic (exact) mass is 319 g/mol. The molecule has 2 atom stereocenters. The Balaban J connectivity index is 1.89. The van der Waals surface area contributed by atoms with Crippen LogP contribution in [-0.4, -0.2) is 12.0 Å². The molecule has 0 aliphatic rings. The molecule has 5 heteroatoms. The molecule has 0 unspecified atom stereocenters. The Morgan fingerprint density at radius 1 is 1.13 bits per heavy atom. The molecule has 0 saturated heterocycles. The number of halogens is 2. The van der Waals surface area contributed by atoms with Crippen LogP contribution in [0.1, 0.15) is 31.0 Å². The van der Waals surface area contributed by atoms with Crippen LogP contribution < -0.4 is 5.32 Å². The van der Waals surface area contributed by atoms with Crippen molar-refractivity contribution < 1.29 is 18.3 Å². The van der Waals surface area contributed by atoms with Gasteiger partial charge in [-0.05, 0) is 25.5 Å². The van der Waals surface area contributed by atoms with Gasteiger partial charge in [0.25, 0.3) is 0 Å². The molecule has 0 saturated carbocycles. The minimum atomic E-state index is -0.685. The third-order valence-corrected chi connectivity index (χ3v) is 3.50. The van der Waals surface area contributed by atoms with Crippen molar-refractivity contribution >= 4 is 5.91 Å². The summed E-state index contributed by atoms with van der Waals surface area (Å²) in [6.07, 6.45) is -0.679. The molecular formula is C18H19F2NO2. The maximum Gasteiger partial charge on any atom is 0.249 e. The quantitative estimate of drug-likeness (QED) is 0.880. The van der Waals surface area contributed by atoms with Crippen molar-refractivity contribution in [3.8, 4) is 0 Å². The van der Waals surface area contributed by atoms with Gasteiger partial charge in [0.15, 0.2) is 0 Å². The highest BCUT2D eigenvalue weighted by atomic mass is 19.1. The van der Waals surface area contributed by atoms with E-state index in [-0.39, 0.29) is 11.5 Å². The number of amides is 1. The summed E-state index contributed by atoms with van der Waals surface area (Å²) in [6, 6.07) is 12.2. The minimum Gasteiger partial charge on any atom is -0.364 e. The number of hydrogen-bond donors (Lipinski definition) is 1. The molecule has 2 rings (SSSR count). The van der Waals surface area contributed by atoms with Crippen LogP contribution in [0.4, 0.5) is 8.78 Å². The molecule has 23 heavy (non-hydrogen) atoms. The Hall–Kier alpha value is -2.27. The fraction of sp³-hybridized carbons (Fsp3) is 0.278. The minimum absolute atomic E-state index is 0.231. The molecule has 1 amide bonds. The van der Waals surface area contributed by atoms with Gasteiger partial charge in [0, 0.05) is 11.6 Å². The molecule has 122 valence electrons. The van der Waals surface area contributed by atoms with Crippen LogP contribution in [0, 0.1) is 11.6 Å². The van der Waals surface area contributed by atoms with Crippen LogP contribution >= 0.6 is 0 Å². The van der Waals surface area contributed by atoms with Gasteiger partial charge in [-0.25, -0.2) is 8.78 Å². The van der Waals surface area contributed by atoms with E-state index < -0.39 is 23.8 Å². The zero-order valence-electron chi connectivity index (χ0n) is 13.1. The average Bonchev–Trinajstić information content (AvgIpc) is 2.53. The first kappa shape index (κ1) is 17.1. The Morgan fingerprint density at radius 2 is 1.83 bits per heavy atom. The summed E-state index contributed by atoms with van der Waals surface area (Å²) in [5.41, 5.74) is 1.19. The first-order chi connectivity index (χ1) is 11.0. The molecular weight excluding hydrogens is 300 g/mol. The lowest BCUT2D eigenvalue weighted by atomic mass is 10.1. The molecule has 0 aliphatic carbocycles. The van der Waals surface area contributed by atoms with Crippen molar-refractivity contribution in [2.24, 2.45) is 0 Å². The number of nitrogens with one attached hydrogen (secondary N) is 1. The van der Waals surface area contributed by atoms with Crippen molar-refractivity contribution in [1.82, 2.24) is 5.32 Å². The number of hydrogen-bond acceptors (Lipinski definition) is 2. The van der Waals surface area contributed by atoms with Gasteiger partial charge in [-0.15, -0.1) is 0 Å². The SMILES string of the molecule is C[C@H](NC(=O)[C@@H](C)OCc1ccccc1)c1ccc(F)cc1F. The molecule has 0 radical (unpaired) electrons. The molecule has 2 aromatic carbocycles. The molecule has 0 aliphatic heterocycles. The summed E-state index contributed by atoms with van der Waals surface area (Å²) >= 11 is 0. The van der Waals surface area contributed by atoms with Gasteiger partial charge in [0.05, 0.1) is 12.6 Å². The van der Waals surface area contributed by atoms with Crippen molar-refractivity contribution in [3.63, 3.8) is 0 Å². The highest BCUT2D eigenvalue weighted by molar-refractivity contribution is 5.80. The van der Waals surface area contributed by atoms with Gasteiger partial charge >= 0.3 is 0 Å². The first-order valence-corrected chi connectivity index (χ1v) is 7.38. The summed E-state index contributed by atoms with van der Waals surface area (Å²) in [4.78, 5) is 12.1. The molecule has 2 aromatic rings. The van der Waals surface area contributed by atoms with Gasteiger partial charge in [-0.3, -0.25) is 4.79 Å². The van der Waals surface area contributed by atoms with E-state index in [2.05, 4.69) is 5.32 Å². The van der Waals surface area contributed by atoms with E-state index in [4.69, 9.17) is 4.74 Å². The third kappa shape index (κ3) is 4.86. The highest BCUT2D eigenvalue weighted by Gasteiger charge is 2.19. The van der Waals surface area contributed by atoms with Gasteiger partial charge in [0.1, 0.15) is 17.7 Å². The molecule has 0 heterocycles. The van der Waals surface area contributed by atoms with E-state index in [9.17, 15) is 13.6 Å². The predicted molar refractivity (Wildman–Crippen MR) is 83.6 cm³/mol. The normalized spacial score (nSPS) is 13.4. The average molecular weight is 319 g/mol. The van der Waals surface area contributed by atoms with Crippen molar-refractivity contribution in [1.29, 1.82) is 0 Å². The van der Waals surface area contributed by atoms with Gasteiger partial charge in [-0.1, -0.05) is 36.4 Å². The van der Waals surface area contributed by atoms with E-state index in [1.807, 2.05) is 30.3 Å². The van der Waals surface area contributed by atoms with Crippen LogP contribution in [0.2, 0.25) is 0 Å². The van der Waals surface area contributed by atoms with Crippen LogP contribution in [0.25, 0.3) is 0 Å². The largest absolute Gasteiger partial charge is 0.364 e. The topological polar surface area (TPSA) is 38.3 Å². The summed E-state index contributed by atoms with van der Waals surface area (Å²) in [7, 11) is 0. The van der Waals surface area contributed by atoms with Gasteiger partial charge < -0.3 is 10.1 Å². The van der Waals surface area contributed by atoms with E-state index in [0.29, 0.717) is 6.61 Å². The fourth-order valence-electron chi connectivity index (χ4n) is 2.13. The van der Waals surface area contributed by atoms with E-state index in [1.54, 1.807) is 13.8 Å². The van der Waals surface area contributed by atoms with Crippen molar-refractivity contribution in [2.75, 3.05) is 0 Å². The maximum atomic E-state index is 13.7. The molecule has 0 aromatic heterocycles. The van der Waals surface area contributed by atoms with Gasteiger partial charge in [0.2, 0.25) is 5.91 Å². The van der Waals surface area contributed by atoms with Crippen molar-refractivity contribution in [3.05, 3.63) is 71.3 Å². The third-order valence-electron chi connectivity index (χ3n) is 3.50. The number of carbonyl (C=O) groups is 1. The molecule has 3 nitrogen and oxygen atoms in total. The second-order valence-electron chi connectivity index (χ2n) is 5.33. The predicted octanol–water partition coefficient (Wildman–Crippen LogP) is 3.75. The van der Waals surface area contributed by atoms with E-state index in [0.717, 1.165) is 17.7 Å². The second-order valence-corrected chi connectivity index (χ2v) is 5.33. The Kier molecular flexibility index (Phi) is 5.82. The Morgan fingerprint density at radius 3 is 2.48 bits per heavy atom. The molecule has 1 N–H and O–H groups in total. The van der Waals surface area contributed by atoms with E-state index >= 15 is 0 Å². The second kappa shape index (κ2) is 7.83. The molecule has 0 bridgehead atoms. The highest BCUT2D eigenvalue weighted by Crippen LogP contribution is 2.18. The van der Waals surface area contributed by atoms with Crippen LogP contribution in [0.3, 0.4) is 0 Å². The summed E-state index contributed by atoms with van der Waals surface area (Å²) in [6.45, 7) is 3.58. The first-order valence-electron chi connectivity index (χ1n) is 7.38. The van der Waals surface area contributed by atoms with Crippen LogP contribution in [-0.2, 0) is 16.1 Å². The number of rotatable bonds is 6. The zero-order chi connectivity index (χ0) is 16.8. The number of carbonyl (C=O) groups excluding carboxylic acids is 1. The van der Waals surface area contributed by atoms with Crippen LogP contribution in [0.5, 0.6) is 0 Å². The van der Waals surface area contributed by atoms with Crippen LogP contribution in [0.15, 0.2) is 48.5 Å².